The summed E-state index contributed by atoms with van der Waals surface area (Å²) in [5, 5.41) is 0.535. The number of methoxy groups -OCH3 is 1. The molecule has 0 radical (unpaired) electrons. The Kier molecular flexibility index (Phi) is 4.91. The summed E-state index contributed by atoms with van der Waals surface area (Å²) in [4.78, 5) is 25.5. The summed E-state index contributed by atoms with van der Waals surface area (Å²) in [6, 6.07) is 5.78. The number of carbonyl (C=O) groups is 1. The van der Waals surface area contributed by atoms with Crippen LogP contribution in [0.1, 0.15) is 23.2 Å². The van der Waals surface area contributed by atoms with E-state index in [1.54, 1.807) is 13.3 Å². The molecule has 2 aromatic rings. The van der Waals surface area contributed by atoms with Gasteiger partial charge in [-0.25, -0.2) is 9.97 Å². The van der Waals surface area contributed by atoms with Gasteiger partial charge in [0.2, 0.25) is 11.8 Å². The molecule has 0 saturated carbocycles. The highest BCUT2D eigenvalue weighted by Crippen LogP contribution is 2.30. The first-order valence-electron chi connectivity index (χ1n) is 9.21. The van der Waals surface area contributed by atoms with E-state index < -0.39 is 0 Å². The highest BCUT2D eigenvalue weighted by molar-refractivity contribution is 6.29. The molecule has 0 unspecified atom stereocenters. The van der Waals surface area contributed by atoms with Crippen LogP contribution in [-0.4, -0.2) is 47.5 Å². The maximum atomic E-state index is 12.8. The first-order valence-corrected chi connectivity index (χ1v) is 9.59. The van der Waals surface area contributed by atoms with Crippen LogP contribution < -0.4 is 9.64 Å². The second kappa shape index (κ2) is 7.35. The number of carbonyl (C=O) groups excluding carboxylic acids is 1. The van der Waals surface area contributed by atoms with Gasteiger partial charge in [0, 0.05) is 68.6 Å². The molecule has 0 aliphatic carbocycles. The molecule has 1 saturated heterocycles. The van der Waals surface area contributed by atoms with Gasteiger partial charge in [0.15, 0.2) is 0 Å². The summed E-state index contributed by atoms with van der Waals surface area (Å²) in [5.74, 6) is 1.23. The topological polar surface area (TPSA) is 58.6 Å². The van der Waals surface area contributed by atoms with Crippen molar-refractivity contribution in [2.75, 3.05) is 31.6 Å². The molecule has 6 nitrogen and oxygen atoms in total. The standard InChI is InChI=1S/C20H23ClN4O2/c1-13-7-18(21)23-17-4-6-24(12-16(13)17)20(26)8-14-10-25(11-14)15-3-5-22-19(9-15)27-2/h3,5,7,9,14H,4,6,8,10-12H2,1-2H3. The molecule has 0 bridgehead atoms. The molecule has 7 heteroatoms. The zero-order valence-electron chi connectivity index (χ0n) is 15.6. The summed E-state index contributed by atoms with van der Waals surface area (Å²) < 4.78 is 5.18. The third-order valence-electron chi connectivity index (χ3n) is 5.44. The Morgan fingerprint density at radius 3 is 2.96 bits per heavy atom. The van der Waals surface area contributed by atoms with Gasteiger partial charge in [-0.1, -0.05) is 11.6 Å². The van der Waals surface area contributed by atoms with E-state index in [0.717, 1.165) is 48.6 Å². The summed E-state index contributed by atoms with van der Waals surface area (Å²) in [7, 11) is 1.62. The number of fused-ring (bicyclic) bond motifs is 1. The van der Waals surface area contributed by atoms with Crippen molar-refractivity contribution in [3.63, 3.8) is 0 Å². The van der Waals surface area contributed by atoms with Crippen LogP contribution in [0, 0.1) is 12.8 Å². The third kappa shape index (κ3) is 3.72. The maximum Gasteiger partial charge on any atom is 0.223 e. The summed E-state index contributed by atoms with van der Waals surface area (Å²) in [6.45, 7) is 5.17. The molecule has 1 amide bonds. The van der Waals surface area contributed by atoms with Gasteiger partial charge in [0.25, 0.3) is 0 Å². The van der Waals surface area contributed by atoms with Gasteiger partial charge >= 0.3 is 0 Å². The SMILES string of the molecule is COc1cc(N2CC(CC(=O)N3CCc4nc(Cl)cc(C)c4C3)C2)ccn1. The predicted octanol–water partition coefficient (Wildman–Crippen LogP) is 2.86. The van der Waals surface area contributed by atoms with Crippen LogP contribution in [-0.2, 0) is 17.8 Å². The van der Waals surface area contributed by atoms with Crippen molar-refractivity contribution in [3.05, 3.63) is 46.4 Å². The Bertz CT molecular complexity index is 867. The number of hydrogen-bond donors (Lipinski definition) is 0. The van der Waals surface area contributed by atoms with Crippen LogP contribution in [0.5, 0.6) is 5.88 Å². The normalized spacial score (nSPS) is 16.7. The number of pyridine rings is 2. The number of ether oxygens (including phenoxy) is 1. The van der Waals surface area contributed by atoms with Gasteiger partial charge in [0.1, 0.15) is 5.15 Å². The van der Waals surface area contributed by atoms with Crippen LogP contribution >= 0.6 is 11.6 Å². The highest BCUT2D eigenvalue weighted by atomic mass is 35.5. The average molecular weight is 387 g/mol. The number of rotatable bonds is 4. The number of aryl methyl sites for hydroxylation is 1. The number of aromatic nitrogens is 2. The molecule has 4 heterocycles. The van der Waals surface area contributed by atoms with E-state index in [1.807, 2.05) is 30.0 Å². The van der Waals surface area contributed by atoms with Gasteiger partial charge < -0.3 is 14.5 Å². The molecular formula is C20H23ClN4O2. The highest BCUT2D eigenvalue weighted by Gasteiger charge is 2.32. The molecule has 0 atom stereocenters. The minimum Gasteiger partial charge on any atom is -0.481 e. The van der Waals surface area contributed by atoms with Crippen LogP contribution in [0.2, 0.25) is 5.15 Å². The van der Waals surface area contributed by atoms with Crippen molar-refractivity contribution in [3.8, 4) is 5.88 Å². The van der Waals surface area contributed by atoms with Crippen molar-refractivity contribution in [2.24, 2.45) is 5.92 Å². The van der Waals surface area contributed by atoms with E-state index in [9.17, 15) is 4.79 Å². The fourth-order valence-electron chi connectivity index (χ4n) is 3.86. The number of nitrogens with zero attached hydrogens (tertiary/aromatic N) is 4. The maximum absolute atomic E-state index is 12.8. The number of halogens is 1. The Labute approximate surface area is 164 Å². The van der Waals surface area contributed by atoms with E-state index in [1.165, 1.54) is 0 Å². The Hall–Kier alpha value is -2.34. The summed E-state index contributed by atoms with van der Waals surface area (Å²) in [5.41, 5.74) is 4.39. The van der Waals surface area contributed by atoms with Crippen molar-refractivity contribution in [1.29, 1.82) is 0 Å². The van der Waals surface area contributed by atoms with Crippen molar-refractivity contribution < 1.29 is 9.53 Å². The molecule has 1 fully saturated rings. The molecule has 2 aliphatic rings. The van der Waals surface area contributed by atoms with E-state index in [2.05, 4.69) is 14.9 Å². The summed E-state index contributed by atoms with van der Waals surface area (Å²) >= 11 is 6.05. The zero-order chi connectivity index (χ0) is 19.0. The van der Waals surface area contributed by atoms with Gasteiger partial charge in [0.05, 0.1) is 7.11 Å². The number of amides is 1. The van der Waals surface area contributed by atoms with E-state index in [0.29, 0.717) is 29.9 Å². The number of hydrogen-bond acceptors (Lipinski definition) is 5. The lowest BCUT2D eigenvalue weighted by Gasteiger charge is -2.41. The lowest BCUT2D eigenvalue weighted by atomic mass is 9.94. The van der Waals surface area contributed by atoms with Gasteiger partial charge in [-0.3, -0.25) is 4.79 Å². The fraction of sp³-hybridized carbons (Fsp3) is 0.450. The van der Waals surface area contributed by atoms with Crippen LogP contribution in [0.3, 0.4) is 0 Å². The number of anilines is 1. The minimum atomic E-state index is 0.229. The lowest BCUT2D eigenvalue weighted by Crippen LogP contribution is -2.49. The van der Waals surface area contributed by atoms with Gasteiger partial charge in [-0.15, -0.1) is 0 Å². The van der Waals surface area contributed by atoms with Gasteiger partial charge in [-0.05, 0) is 30.2 Å². The Morgan fingerprint density at radius 2 is 2.19 bits per heavy atom. The van der Waals surface area contributed by atoms with Crippen molar-refractivity contribution in [1.82, 2.24) is 14.9 Å². The van der Waals surface area contributed by atoms with Crippen LogP contribution in [0.15, 0.2) is 24.4 Å². The quantitative estimate of drug-likeness (QED) is 0.756. The molecule has 142 valence electrons. The Balaban J connectivity index is 1.33. The van der Waals surface area contributed by atoms with Crippen molar-refractivity contribution in [2.45, 2.75) is 26.3 Å². The monoisotopic (exact) mass is 386 g/mol. The van der Waals surface area contributed by atoms with E-state index >= 15 is 0 Å². The fourth-order valence-corrected chi connectivity index (χ4v) is 4.13. The predicted molar refractivity (Wildman–Crippen MR) is 104 cm³/mol. The first-order chi connectivity index (χ1) is 13.0. The lowest BCUT2D eigenvalue weighted by molar-refractivity contribution is -0.133. The van der Waals surface area contributed by atoms with Crippen LogP contribution in [0.25, 0.3) is 0 Å². The minimum absolute atomic E-state index is 0.229. The molecule has 2 aromatic heterocycles. The molecule has 0 spiro atoms. The van der Waals surface area contributed by atoms with Crippen molar-refractivity contribution >= 4 is 23.2 Å². The zero-order valence-corrected chi connectivity index (χ0v) is 16.4. The second-order valence-electron chi connectivity index (χ2n) is 7.28. The third-order valence-corrected chi connectivity index (χ3v) is 5.63. The second-order valence-corrected chi connectivity index (χ2v) is 7.67. The van der Waals surface area contributed by atoms with E-state index in [4.69, 9.17) is 16.3 Å². The summed E-state index contributed by atoms with van der Waals surface area (Å²) in [6.07, 6.45) is 3.12. The first kappa shape index (κ1) is 18.0. The average Bonchev–Trinajstić information content (AvgIpc) is 2.63. The molecule has 0 N–H and O–H groups in total. The smallest absolute Gasteiger partial charge is 0.223 e. The molecule has 0 aromatic carbocycles. The van der Waals surface area contributed by atoms with Gasteiger partial charge in [-0.2, -0.15) is 0 Å². The van der Waals surface area contributed by atoms with E-state index in [-0.39, 0.29) is 5.91 Å². The molecule has 2 aliphatic heterocycles. The van der Waals surface area contributed by atoms with Crippen LogP contribution in [0.4, 0.5) is 5.69 Å². The molecule has 4 rings (SSSR count). The largest absolute Gasteiger partial charge is 0.481 e. The molecular weight excluding hydrogens is 364 g/mol. The molecule has 27 heavy (non-hydrogen) atoms. The Morgan fingerprint density at radius 1 is 1.37 bits per heavy atom.